The first-order chi connectivity index (χ1) is 17.9. The van der Waals surface area contributed by atoms with E-state index in [0.717, 1.165) is 15.6 Å². The smallest absolute Gasteiger partial charge is 0.338 e. The van der Waals surface area contributed by atoms with Crippen LogP contribution in [0.1, 0.15) is 35.3 Å². The normalized spacial score (nSPS) is 15.5. The van der Waals surface area contributed by atoms with E-state index in [9.17, 15) is 9.59 Å². The molecule has 9 heteroatoms. The van der Waals surface area contributed by atoms with E-state index in [2.05, 4.69) is 20.9 Å². The van der Waals surface area contributed by atoms with Crippen molar-refractivity contribution in [3.05, 3.63) is 97.8 Å². The standard InChI is InChI=1S/C28H24BrClN2O4S/c1-3-32-26(33)25(37-28(32)31-22-10-7-9-18(15-22)27(34)35-4-2)16-20-14-21(29)12-13-24(20)36-17-19-8-5-6-11-23(19)30/h5-16H,3-4,17H2,1-2H3. The summed E-state index contributed by atoms with van der Waals surface area (Å²) in [4.78, 5) is 32.1. The van der Waals surface area contributed by atoms with Crippen LogP contribution in [0, 0.1) is 0 Å². The van der Waals surface area contributed by atoms with Crippen molar-refractivity contribution in [2.24, 2.45) is 4.99 Å². The van der Waals surface area contributed by atoms with Gasteiger partial charge in [0.2, 0.25) is 0 Å². The second-order valence-corrected chi connectivity index (χ2v) is 10.2. The van der Waals surface area contributed by atoms with E-state index in [-0.39, 0.29) is 5.91 Å². The number of nitrogens with zero attached hydrogens (tertiary/aromatic N) is 2. The molecule has 3 aromatic rings. The van der Waals surface area contributed by atoms with Crippen LogP contribution in [0.25, 0.3) is 6.08 Å². The van der Waals surface area contributed by atoms with Crippen LogP contribution >= 0.6 is 39.3 Å². The van der Waals surface area contributed by atoms with Crippen LogP contribution in [0.5, 0.6) is 5.75 Å². The molecule has 1 amide bonds. The van der Waals surface area contributed by atoms with Crippen molar-refractivity contribution < 1.29 is 19.1 Å². The first-order valence-electron chi connectivity index (χ1n) is 11.6. The molecule has 6 nitrogen and oxygen atoms in total. The Kier molecular flexibility index (Phi) is 9.08. The van der Waals surface area contributed by atoms with Crippen molar-refractivity contribution in [3.8, 4) is 5.75 Å². The average molecular weight is 600 g/mol. The Balaban J connectivity index is 1.61. The first kappa shape index (κ1) is 27.0. The van der Waals surface area contributed by atoms with Crippen LogP contribution in [0.3, 0.4) is 0 Å². The van der Waals surface area contributed by atoms with E-state index < -0.39 is 5.97 Å². The number of hydrogen-bond donors (Lipinski definition) is 0. The molecule has 1 heterocycles. The minimum Gasteiger partial charge on any atom is -0.488 e. The lowest BCUT2D eigenvalue weighted by Crippen LogP contribution is -2.28. The van der Waals surface area contributed by atoms with Gasteiger partial charge in [0.1, 0.15) is 12.4 Å². The lowest BCUT2D eigenvalue weighted by atomic mass is 10.1. The lowest BCUT2D eigenvalue weighted by Gasteiger charge is -2.12. The second kappa shape index (κ2) is 12.4. The Hall–Kier alpha value is -3.07. The summed E-state index contributed by atoms with van der Waals surface area (Å²) < 4.78 is 12.0. The van der Waals surface area contributed by atoms with Crippen LogP contribution in [0.15, 0.2) is 81.1 Å². The number of thioether (sulfide) groups is 1. The fourth-order valence-electron chi connectivity index (χ4n) is 3.57. The fraction of sp³-hybridized carbons (Fsp3) is 0.179. The van der Waals surface area contributed by atoms with Gasteiger partial charge >= 0.3 is 5.97 Å². The predicted molar refractivity (Wildman–Crippen MR) is 152 cm³/mol. The molecule has 3 aromatic carbocycles. The molecule has 0 atom stereocenters. The summed E-state index contributed by atoms with van der Waals surface area (Å²) in [5.74, 6) is 0.0658. The summed E-state index contributed by atoms with van der Waals surface area (Å²) in [6.45, 7) is 4.69. The number of rotatable bonds is 8. The van der Waals surface area contributed by atoms with Crippen molar-refractivity contribution in [1.82, 2.24) is 4.90 Å². The Morgan fingerprint density at radius 1 is 1.11 bits per heavy atom. The van der Waals surface area contributed by atoms with E-state index in [1.165, 1.54) is 11.8 Å². The zero-order valence-corrected chi connectivity index (χ0v) is 23.4. The van der Waals surface area contributed by atoms with Gasteiger partial charge in [-0.25, -0.2) is 9.79 Å². The molecule has 0 unspecified atom stereocenters. The molecule has 1 aliphatic rings. The summed E-state index contributed by atoms with van der Waals surface area (Å²) in [7, 11) is 0. The molecule has 0 bridgehead atoms. The summed E-state index contributed by atoms with van der Waals surface area (Å²) in [5.41, 5.74) is 2.59. The molecule has 0 radical (unpaired) electrons. The van der Waals surface area contributed by atoms with Gasteiger partial charge in [0.15, 0.2) is 5.17 Å². The number of amidine groups is 1. The maximum atomic E-state index is 13.2. The van der Waals surface area contributed by atoms with Gasteiger partial charge in [0.25, 0.3) is 5.91 Å². The largest absolute Gasteiger partial charge is 0.488 e. The summed E-state index contributed by atoms with van der Waals surface area (Å²) in [6.07, 6.45) is 1.81. The van der Waals surface area contributed by atoms with E-state index in [1.807, 2.05) is 49.4 Å². The van der Waals surface area contributed by atoms with Crippen molar-refractivity contribution in [2.45, 2.75) is 20.5 Å². The van der Waals surface area contributed by atoms with E-state index in [0.29, 0.717) is 51.9 Å². The molecular formula is C28H24BrClN2O4S. The predicted octanol–water partition coefficient (Wildman–Crippen LogP) is 7.48. The molecule has 37 heavy (non-hydrogen) atoms. The van der Waals surface area contributed by atoms with Gasteiger partial charge in [-0.3, -0.25) is 9.69 Å². The molecule has 0 spiro atoms. The molecular weight excluding hydrogens is 576 g/mol. The number of amides is 1. The molecule has 1 aliphatic heterocycles. The zero-order valence-electron chi connectivity index (χ0n) is 20.2. The van der Waals surface area contributed by atoms with Crippen LogP contribution in [-0.2, 0) is 16.1 Å². The third-order valence-corrected chi connectivity index (χ3v) is 7.25. The van der Waals surface area contributed by atoms with Crippen molar-refractivity contribution in [1.29, 1.82) is 0 Å². The number of hydrogen-bond acceptors (Lipinski definition) is 6. The number of esters is 1. The lowest BCUT2D eigenvalue weighted by molar-refractivity contribution is -0.122. The maximum absolute atomic E-state index is 13.2. The molecule has 0 N–H and O–H groups in total. The Morgan fingerprint density at radius 3 is 2.68 bits per heavy atom. The summed E-state index contributed by atoms with van der Waals surface area (Å²) >= 11 is 11.1. The van der Waals surface area contributed by atoms with Crippen LogP contribution in [0.4, 0.5) is 5.69 Å². The van der Waals surface area contributed by atoms with Crippen LogP contribution < -0.4 is 4.74 Å². The minimum atomic E-state index is -0.411. The molecule has 190 valence electrons. The molecule has 0 aliphatic carbocycles. The van der Waals surface area contributed by atoms with E-state index in [1.54, 1.807) is 42.2 Å². The van der Waals surface area contributed by atoms with E-state index in [4.69, 9.17) is 21.1 Å². The second-order valence-electron chi connectivity index (χ2n) is 7.89. The Labute approximate surface area is 233 Å². The summed E-state index contributed by atoms with van der Waals surface area (Å²) in [5, 5.41) is 1.17. The van der Waals surface area contributed by atoms with Crippen LogP contribution in [-0.4, -0.2) is 35.1 Å². The molecule has 1 fully saturated rings. The fourth-order valence-corrected chi connectivity index (χ4v) is 5.20. The highest BCUT2D eigenvalue weighted by Gasteiger charge is 2.32. The van der Waals surface area contributed by atoms with Gasteiger partial charge < -0.3 is 9.47 Å². The highest BCUT2D eigenvalue weighted by molar-refractivity contribution is 9.10. The number of carbonyl (C=O) groups excluding carboxylic acids is 2. The number of carbonyl (C=O) groups is 2. The van der Waals surface area contributed by atoms with Gasteiger partial charge in [-0.1, -0.05) is 51.8 Å². The quantitative estimate of drug-likeness (QED) is 0.198. The van der Waals surface area contributed by atoms with Gasteiger partial charge in [-0.2, -0.15) is 0 Å². The third-order valence-electron chi connectivity index (χ3n) is 5.39. The van der Waals surface area contributed by atoms with E-state index >= 15 is 0 Å². The molecule has 0 aromatic heterocycles. The SMILES string of the molecule is CCOC(=O)c1cccc(N=C2SC(=Cc3cc(Br)ccc3OCc3ccccc3Cl)C(=O)N2CC)c1. The number of ether oxygens (including phenoxy) is 2. The summed E-state index contributed by atoms with van der Waals surface area (Å²) in [6, 6.07) is 20.0. The monoisotopic (exact) mass is 598 g/mol. The Bertz CT molecular complexity index is 1390. The Morgan fingerprint density at radius 2 is 1.92 bits per heavy atom. The third kappa shape index (κ3) is 6.63. The van der Waals surface area contributed by atoms with Crippen molar-refractivity contribution >= 4 is 68.1 Å². The maximum Gasteiger partial charge on any atom is 0.338 e. The topological polar surface area (TPSA) is 68.2 Å². The van der Waals surface area contributed by atoms with Gasteiger partial charge in [-0.05, 0) is 74.1 Å². The minimum absolute atomic E-state index is 0.148. The van der Waals surface area contributed by atoms with Gasteiger partial charge in [-0.15, -0.1) is 0 Å². The van der Waals surface area contributed by atoms with Crippen molar-refractivity contribution in [3.63, 3.8) is 0 Å². The molecule has 0 saturated carbocycles. The number of halogens is 2. The van der Waals surface area contributed by atoms with Gasteiger partial charge in [0.05, 0.1) is 22.8 Å². The number of likely N-dealkylation sites (N-methyl/N-ethyl adjacent to an activating group) is 1. The average Bonchev–Trinajstić information content (AvgIpc) is 3.18. The molecule has 4 rings (SSSR count). The van der Waals surface area contributed by atoms with Gasteiger partial charge in [0, 0.05) is 27.2 Å². The highest BCUT2D eigenvalue weighted by Crippen LogP contribution is 2.36. The zero-order chi connectivity index (χ0) is 26.4. The first-order valence-corrected chi connectivity index (χ1v) is 13.6. The van der Waals surface area contributed by atoms with Crippen molar-refractivity contribution in [2.75, 3.05) is 13.2 Å². The molecule has 1 saturated heterocycles. The highest BCUT2D eigenvalue weighted by atomic mass is 79.9. The number of aliphatic imine (C=N–C) groups is 1. The number of benzene rings is 3. The van der Waals surface area contributed by atoms with Crippen LogP contribution in [0.2, 0.25) is 5.02 Å².